The van der Waals surface area contributed by atoms with Crippen LogP contribution in [0.25, 0.3) is 0 Å². The largest absolute Gasteiger partial charge is 0.336 e. The average Bonchev–Trinajstić information content (AvgIpc) is 3.03. The summed E-state index contributed by atoms with van der Waals surface area (Å²) in [6.45, 7) is 8.59. The number of carbonyl (C=O) groups excluding carboxylic acids is 1. The fourth-order valence-corrected chi connectivity index (χ4v) is 4.55. The van der Waals surface area contributed by atoms with Crippen molar-refractivity contribution in [2.75, 3.05) is 26.2 Å². The number of nitrogens with zero attached hydrogens (tertiary/aromatic N) is 4. The Bertz CT molecular complexity index is 1120. The Balaban J connectivity index is 1.32. The van der Waals surface area contributed by atoms with Gasteiger partial charge in [0.05, 0.1) is 32.5 Å². The smallest absolute Gasteiger partial charge is 0.253 e. The van der Waals surface area contributed by atoms with Gasteiger partial charge in [0.2, 0.25) is 0 Å². The minimum atomic E-state index is 0.0830. The Morgan fingerprint density at radius 1 is 0.938 bits per heavy atom. The molecule has 1 aliphatic heterocycles. The van der Waals surface area contributed by atoms with Gasteiger partial charge in [-0.1, -0.05) is 41.4 Å². The van der Waals surface area contributed by atoms with Crippen molar-refractivity contribution < 1.29 is 4.79 Å². The lowest BCUT2D eigenvalue weighted by atomic mass is 10.1. The highest BCUT2D eigenvalue weighted by Gasteiger charge is 2.22. The lowest BCUT2D eigenvalue weighted by Gasteiger charge is -2.34. The molecule has 32 heavy (non-hydrogen) atoms. The molecule has 0 radical (unpaired) electrons. The molecule has 2 aromatic carbocycles. The predicted octanol–water partition coefficient (Wildman–Crippen LogP) is 5.58. The number of piperazine rings is 1. The maximum Gasteiger partial charge on any atom is 0.253 e. The molecule has 0 bridgehead atoms. The Morgan fingerprint density at radius 3 is 2.19 bits per heavy atom. The van der Waals surface area contributed by atoms with Crippen LogP contribution in [0.5, 0.6) is 0 Å². The normalized spacial score (nSPS) is 14.7. The Hall–Kier alpha value is -1.86. The number of rotatable bonds is 5. The van der Waals surface area contributed by atoms with Gasteiger partial charge in [0.15, 0.2) is 0 Å². The van der Waals surface area contributed by atoms with Crippen LogP contribution >= 0.6 is 39.1 Å². The number of benzene rings is 2. The summed E-state index contributed by atoms with van der Waals surface area (Å²) >= 11 is 15.7. The summed E-state index contributed by atoms with van der Waals surface area (Å²) in [6, 6.07) is 13.6. The van der Waals surface area contributed by atoms with Crippen LogP contribution in [0.4, 0.5) is 0 Å². The number of aryl methyl sites for hydroxylation is 1. The Labute approximate surface area is 207 Å². The Kier molecular flexibility index (Phi) is 7.25. The second-order valence-electron chi connectivity index (χ2n) is 8.16. The molecule has 0 unspecified atom stereocenters. The third kappa shape index (κ3) is 5.20. The van der Waals surface area contributed by atoms with E-state index in [0.29, 0.717) is 29.7 Å². The summed E-state index contributed by atoms with van der Waals surface area (Å²) in [5, 5.41) is 5.70. The van der Waals surface area contributed by atoms with E-state index in [1.807, 2.05) is 65.9 Å². The minimum absolute atomic E-state index is 0.0830. The topological polar surface area (TPSA) is 41.4 Å². The van der Waals surface area contributed by atoms with Crippen molar-refractivity contribution in [3.05, 3.63) is 85.1 Å². The second kappa shape index (κ2) is 9.96. The maximum absolute atomic E-state index is 13.0. The number of amides is 1. The number of hydrogen-bond acceptors (Lipinski definition) is 3. The van der Waals surface area contributed by atoms with Crippen molar-refractivity contribution >= 4 is 45.0 Å². The zero-order valence-electron chi connectivity index (χ0n) is 18.1. The van der Waals surface area contributed by atoms with E-state index in [9.17, 15) is 4.79 Å². The summed E-state index contributed by atoms with van der Waals surface area (Å²) in [4.78, 5) is 17.2. The molecular weight excluding hydrogens is 511 g/mol. The first-order valence-electron chi connectivity index (χ1n) is 10.6. The number of aromatic nitrogens is 2. The molecule has 0 spiro atoms. The van der Waals surface area contributed by atoms with E-state index in [0.717, 1.165) is 52.2 Å². The molecule has 0 atom stereocenters. The van der Waals surface area contributed by atoms with Crippen LogP contribution in [-0.2, 0) is 13.1 Å². The van der Waals surface area contributed by atoms with E-state index >= 15 is 0 Å². The van der Waals surface area contributed by atoms with E-state index in [1.165, 1.54) is 0 Å². The van der Waals surface area contributed by atoms with Crippen molar-refractivity contribution in [3.63, 3.8) is 0 Å². The van der Waals surface area contributed by atoms with Gasteiger partial charge in [0.25, 0.3) is 5.91 Å². The van der Waals surface area contributed by atoms with Crippen LogP contribution in [0.2, 0.25) is 10.0 Å². The van der Waals surface area contributed by atoms with Crippen LogP contribution in [0.15, 0.2) is 46.9 Å². The van der Waals surface area contributed by atoms with Crippen molar-refractivity contribution in [2.45, 2.75) is 26.9 Å². The molecule has 0 N–H and O–H groups in total. The zero-order chi connectivity index (χ0) is 22.8. The fraction of sp³-hybridized carbons (Fsp3) is 0.333. The molecule has 1 saturated heterocycles. The minimum Gasteiger partial charge on any atom is -0.336 e. The molecule has 2 heterocycles. The fourth-order valence-electron chi connectivity index (χ4n) is 3.94. The van der Waals surface area contributed by atoms with Gasteiger partial charge in [-0.2, -0.15) is 5.10 Å². The first kappa shape index (κ1) is 23.3. The summed E-state index contributed by atoms with van der Waals surface area (Å²) in [6.07, 6.45) is 0. The third-order valence-electron chi connectivity index (χ3n) is 5.88. The standard InChI is InChI=1S/C24H25BrCl2N4O/c1-16-23(25)17(2)31(28-16)15-18-3-6-20(7-4-18)24(32)30-11-9-29(10-12-30)14-19-5-8-21(26)22(27)13-19/h3-8,13H,9-12,14-15H2,1-2H3. The van der Waals surface area contributed by atoms with Crippen LogP contribution in [0.1, 0.15) is 32.9 Å². The molecule has 1 aliphatic rings. The highest BCUT2D eigenvalue weighted by Crippen LogP contribution is 2.24. The molecule has 4 rings (SSSR count). The van der Waals surface area contributed by atoms with E-state index in [4.69, 9.17) is 23.2 Å². The first-order chi connectivity index (χ1) is 15.3. The lowest BCUT2D eigenvalue weighted by molar-refractivity contribution is 0.0628. The van der Waals surface area contributed by atoms with Crippen molar-refractivity contribution in [3.8, 4) is 0 Å². The third-order valence-corrected chi connectivity index (χ3v) is 7.76. The van der Waals surface area contributed by atoms with Gasteiger partial charge in [-0.05, 0) is 65.2 Å². The zero-order valence-corrected chi connectivity index (χ0v) is 21.2. The van der Waals surface area contributed by atoms with E-state index < -0.39 is 0 Å². The quantitative estimate of drug-likeness (QED) is 0.428. The van der Waals surface area contributed by atoms with Gasteiger partial charge < -0.3 is 4.90 Å². The van der Waals surface area contributed by atoms with Crippen LogP contribution < -0.4 is 0 Å². The van der Waals surface area contributed by atoms with Crippen molar-refractivity contribution in [2.24, 2.45) is 0 Å². The van der Waals surface area contributed by atoms with Gasteiger partial charge in [-0.25, -0.2) is 0 Å². The van der Waals surface area contributed by atoms with E-state index in [1.54, 1.807) is 0 Å². The molecular formula is C24H25BrCl2N4O. The van der Waals surface area contributed by atoms with E-state index in [2.05, 4.69) is 25.9 Å². The summed E-state index contributed by atoms with van der Waals surface area (Å²) in [7, 11) is 0. The van der Waals surface area contributed by atoms with Crippen LogP contribution in [0, 0.1) is 13.8 Å². The van der Waals surface area contributed by atoms with Gasteiger partial charge in [-0.15, -0.1) is 0 Å². The number of carbonyl (C=O) groups is 1. The molecule has 168 valence electrons. The van der Waals surface area contributed by atoms with Gasteiger partial charge in [0, 0.05) is 38.3 Å². The SMILES string of the molecule is Cc1nn(Cc2ccc(C(=O)N3CCN(Cc4ccc(Cl)c(Cl)c4)CC3)cc2)c(C)c1Br. The average molecular weight is 536 g/mol. The molecule has 8 heteroatoms. The molecule has 1 amide bonds. The highest BCUT2D eigenvalue weighted by atomic mass is 79.9. The van der Waals surface area contributed by atoms with Gasteiger partial charge >= 0.3 is 0 Å². The predicted molar refractivity (Wildman–Crippen MR) is 133 cm³/mol. The summed E-state index contributed by atoms with van der Waals surface area (Å²) in [5.41, 5.74) is 5.05. The van der Waals surface area contributed by atoms with E-state index in [-0.39, 0.29) is 5.91 Å². The van der Waals surface area contributed by atoms with Crippen LogP contribution in [-0.4, -0.2) is 51.7 Å². The molecule has 3 aromatic rings. The molecule has 5 nitrogen and oxygen atoms in total. The van der Waals surface area contributed by atoms with Crippen molar-refractivity contribution in [1.29, 1.82) is 0 Å². The molecule has 1 fully saturated rings. The lowest BCUT2D eigenvalue weighted by Crippen LogP contribution is -2.48. The second-order valence-corrected chi connectivity index (χ2v) is 9.76. The van der Waals surface area contributed by atoms with Gasteiger partial charge in [0.1, 0.15) is 0 Å². The monoisotopic (exact) mass is 534 g/mol. The first-order valence-corrected chi connectivity index (χ1v) is 12.1. The maximum atomic E-state index is 13.0. The molecule has 0 saturated carbocycles. The Morgan fingerprint density at radius 2 is 1.59 bits per heavy atom. The molecule has 1 aromatic heterocycles. The van der Waals surface area contributed by atoms with Gasteiger partial charge in [-0.3, -0.25) is 14.4 Å². The van der Waals surface area contributed by atoms with Crippen molar-refractivity contribution in [1.82, 2.24) is 19.6 Å². The number of hydrogen-bond donors (Lipinski definition) is 0. The summed E-state index contributed by atoms with van der Waals surface area (Å²) < 4.78 is 3.02. The highest BCUT2D eigenvalue weighted by molar-refractivity contribution is 9.10. The number of halogens is 3. The molecule has 0 aliphatic carbocycles. The summed E-state index contributed by atoms with van der Waals surface area (Å²) in [5.74, 6) is 0.0830. The van der Waals surface area contributed by atoms with Crippen LogP contribution in [0.3, 0.4) is 0 Å².